The van der Waals surface area contributed by atoms with E-state index in [-0.39, 0.29) is 0 Å². The second-order valence-corrected chi connectivity index (χ2v) is 7.10. The van der Waals surface area contributed by atoms with Crippen LogP contribution in [0.5, 0.6) is 0 Å². The van der Waals surface area contributed by atoms with Crippen molar-refractivity contribution in [2.75, 3.05) is 0 Å². The largest absolute Gasteiger partial charge is 0.0581 e. The first-order valence-electron chi connectivity index (χ1n) is 8.12. The maximum Gasteiger partial charge on any atom is 0.0211 e. The van der Waals surface area contributed by atoms with Crippen LogP contribution in [-0.4, -0.2) is 0 Å². The molecule has 0 N–H and O–H groups in total. The molecule has 2 atom stereocenters. The SMILES string of the molecule is Cc1cc2c3c4c5c(cc(C)c14)C=CC1=CC=C(C=C2)C3C15. The maximum atomic E-state index is 2.40. The number of hydrogen-bond donors (Lipinski definition) is 0. The molecule has 0 bridgehead atoms. The molecule has 2 aromatic carbocycles. The third-order valence-corrected chi connectivity index (χ3v) is 6.00. The Morgan fingerprint density at radius 2 is 1.14 bits per heavy atom. The summed E-state index contributed by atoms with van der Waals surface area (Å²) in [7, 11) is 0. The summed E-state index contributed by atoms with van der Waals surface area (Å²) in [6.07, 6.45) is 14.0. The second-order valence-electron chi connectivity index (χ2n) is 7.10. The van der Waals surface area contributed by atoms with Gasteiger partial charge < -0.3 is 0 Å². The van der Waals surface area contributed by atoms with Gasteiger partial charge in [0.15, 0.2) is 0 Å². The van der Waals surface area contributed by atoms with Gasteiger partial charge in [-0.15, -0.1) is 0 Å². The normalized spacial score (nSPS) is 25.0. The molecule has 4 aliphatic carbocycles. The highest BCUT2D eigenvalue weighted by Gasteiger charge is 2.43. The van der Waals surface area contributed by atoms with Gasteiger partial charge in [0.2, 0.25) is 0 Å². The standard InChI is InChI=1S/C22H16/c1-11-9-15-7-5-13-3-4-14-6-8-16-10-12(2)17(11)22-20(15)18(13)19(14)21(16)22/h3-10,18-19H,1-2H3. The van der Waals surface area contributed by atoms with Crippen molar-refractivity contribution in [2.24, 2.45) is 0 Å². The molecule has 4 aliphatic rings. The van der Waals surface area contributed by atoms with Gasteiger partial charge in [-0.1, -0.05) is 48.6 Å². The highest BCUT2D eigenvalue weighted by molar-refractivity contribution is 6.04. The fourth-order valence-electron chi connectivity index (χ4n) is 5.26. The van der Waals surface area contributed by atoms with Gasteiger partial charge in [-0.2, -0.15) is 0 Å². The first-order valence-corrected chi connectivity index (χ1v) is 8.12. The number of rotatable bonds is 0. The summed E-state index contributed by atoms with van der Waals surface area (Å²) in [6, 6.07) is 4.79. The van der Waals surface area contributed by atoms with E-state index in [1.165, 1.54) is 38.8 Å². The Morgan fingerprint density at radius 3 is 1.64 bits per heavy atom. The van der Waals surface area contributed by atoms with Gasteiger partial charge in [-0.3, -0.25) is 0 Å². The lowest BCUT2D eigenvalue weighted by Gasteiger charge is -2.32. The Hall–Kier alpha value is -2.34. The van der Waals surface area contributed by atoms with E-state index in [1.807, 2.05) is 0 Å². The van der Waals surface area contributed by atoms with E-state index in [2.05, 4.69) is 62.4 Å². The van der Waals surface area contributed by atoms with Crippen LogP contribution in [0.25, 0.3) is 22.9 Å². The number of hydrogen-bond acceptors (Lipinski definition) is 0. The van der Waals surface area contributed by atoms with E-state index in [9.17, 15) is 0 Å². The van der Waals surface area contributed by atoms with Gasteiger partial charge >= 0.3 is 0 Å². The van der Waals surface area contributed by atoms with Crippen molar-refractivity contribution in [3.05, 3.63) is 81.0 Å². The molecule has 0 fully saturated rings. The Balaban J connectivity index is 1.96. The van der Waals surface area contributed by atoms with Crippen LogP contribution >= 0.6 is 0 Å². The molecule has 0 spiro atoms. The minimum Gasteiger partial charge on any atom is -0.0581 e. The first-order chi connectivity index (χ1) is 10.7. The van der Waals surface area contributed by atoms with Crippen molar-refractivity contribution in [2.45, 2.75) is 25.7 Å². The first kappa shape index (κ1) is 11.3. The molecule has 2 aromatic rings. The Kier molecular flexibility index (Phi) is 1.72. The predicted molar refractivity (Wildman–Crippen MR) is 93.1 cm³/mol. The van der Waals surface area contributed by atoms with Crippen LogP contribution in [0, 0.1) is 13.8 Å². The zero-order valence-electron chi connectivity index (χ0n) is 12.8. The second kappa shape index (κ2) is 3.35. The monoisotopic (exact) mass is 280 g/mol. The van der Waals surface area contributed by atoms with Gasteiger partial charge in [0.05, 0.1) is 0 Å². The lowest BCUT2D eigenvalue weighted by atomic mass is 9.71. The zero-order chi connectivity index (χ0) is 14.6. The molecule has 22 heavy (non-hydrogen) atoms. The van der Waals surface area contributed by atoms with Crippen LogP contribution in [0.3, 0.4) is 0 Å². The molecule has 0 heteroatoms. The van der Waals surface area contributed by atoms with Crippen LogP contribution in [0.15, 0.2) is 47.6 Å². The lowest BCUT2D eigenvalue weighted by Crippen LogP contribution is -2.16. The molecule has 0 saturated carbocycles. The van der Waals surface area contributed by atoms with Crippen LogP contribution in [-0.2, 0) is 0 Å². The van der Waals surface area contributed by atoms with Crippen LogP contribution in [0.1, 0.15) is 45.2 Å². The maximum absolute atomic E-state index is 2.40. The highest BCUT2D eigenvalue weighted by Crippen LogP contribution is 2.61. The quantitative estimate of drug-likeness (QED) is 0.593. The smallest absolute Gasteiger partial charge is 0.0211 e. The summed E-state index contributed by atoms with van der Waals surface area (Å²) >= 11 is 0. The van der Waals surface area contributed by atoms with Gasteiger partial charge in [0.25, 0.3) is 0 Å². The van der Waals surface area contributed by atoms with E-state index in [4.69, 9.17) is 0 Å². The van der Waals surface area contributed by atoms with Gasteiger partial charge in [0, 0.05) is 11.8 Å². The number of aryl methyl sites for hydroxylation is 2. The fourth-order valence-corrected chi connectivity index (χ4v) is 5.26. The summed E-state index contributed by atoms with van der Waals surface area (Å²) in [5.41, 5.74) is 11.9. The summed E-state index contributed by atoms with van der Waals surface area (Å²) in [5, 5.41) is 3.06. The molecule has 0 heterocycles. The van der Waals surface area contributed by atoms with Crippen molar-refractivity contribution in [3.63, 3.8) is 0 Å². The van der Waals surface area contributed by atoms with Gasteiger partial charge in [0.1, 0.15) is 0 Å². The van der Waals surface area contributed by atoms with E-state index in [0.29, 0.717) is 11.8 Å². The molecule has 2 unspecified atom stereocenters. The summed E-state index contributed by atoms with van der Waals surface area (Å²) < 4.78 is 0. The molecule has 6 rings (SSSR count). The van der Waals surface area contributed by atoms with Crippen molar-refractivity contribution >= 4 is 22.9 Å². The molecular formula is C22H16. The zero-order valence-corrected chi connectivity index (χ0v) is 12.8. The highest BCUT2D eigenvalue weighted by atomic mass is 14.5. The number of allylic oxidation sites excluding steroid dienone is 6. The van der Waals surface area contributed by atoms with Gasteiger partial charge in [-0.25, -0.2) is 0 Å². The molecule has 0 nitrogen and oxygen atoms in total. The minimum atomic E-state index is 0.545. The average Bonchev–Trinajstić information content (AvgIpc) is 2.87. The molecule has 0 radical (unpaired) electrons. The lowest BCUT2D eigenvalue weighted by molar-refractivity contribution is 0.709. The van der Waals surface area contributed by atoms with Crippen LogP contribution < -0.4 is 0 Å². The van der Waals surface area contributed by atoms with Crippen molar-refractivity contribution in [1.82, 2.24) is 0 Å². The van der Waals surface area contributed by atoms with Crippen molar-refractivity contribution < 1.29 is 0 Å². The molecule has 0 amide bonds. The molecule has 0 aliphatic heterocycles. The summed E-state index contributed by atoms with van der Waals surface area (Å²) in [6.45, 7) is 4.54. The Labute approximate surface area is 130 Å². The van der Waals surface area contributed by atoms with Crippen molar-refractivity contribution in [3.8, 4) is 0 Å². The van der Waals surface area contributed by atoms with Gasteiger partial charge in [-0.05, 0) is 69.1 Å². The van der Waals surface area contributed by atoms with E-state index >= 15 is 0 Å². The van der Waals surface area contributed by atoms with Crippen LogP contribution in [0.4, 0.5) is 0 Å². The summed E-state index contributed by atoms with van der Waals surface area (Å²) in [4.78, 5) is 0. The predicted octanol–water partition coefficient (Wildman–Crippen LogP) is 5.56. The molecule has 0 aromatic heterocycles. The number of benzene rings is 2. The Bertz CT molecular complexity index is 957. The fraction of sp³-hybridized carbons (Fsp3) is 0.182. The van der Waals surface area contributed by atoms with Crippen LogP contribution in [0.2, 0.25) is 0 Å². The summed E-state index contributed by atoms with van der Waals surface area (Å²) in [5.74, 6) is 1.09. The third-order valence-electron chi connectivity index (χ3n) is 6.00. The van der Waals surface area contributed by atoms with E-state index < -0.39 is 0 Å². The molecule has 0 saturated heterocycles. The third kappa shape index (κ3) is 1.04. The van der Waals surface area contributed by atoms with E-state index in [1.54, 1.807) is 16.5 Å². The minimum absolute atomic E-state index is 0.545. The molecular weight excluding hydrogens is 264 g/mol. The Morgan fingerprint density at radius 1 is 0.636 bits per heavy atom. The van der Waals surface area contributed by atoms with Crippen molar-refractivity contribution in [1.29, 1.82) is 0 Å². The topological polar surface area (TPSA) is 0 Å². The average molecular weight is 280 g/mol. The van der Waals surface area contributed by atoms with E-state index in [0.717, 1.165) is 0 Å². The molecule has 104 valence electrons.